The minimum atomic E-state index is -0.375. The number of nitrogens with zero attached hydrogens (tertiary/aromatic N) is 2. The number of hydrogen-bond donors (Lipinski definition) is 2. The molecule has 0 aliphatic heterocycles. The molecule has 2 aromatic carbocycles. The highest BCUT2D eigenvalue weighted by Gasteiger charge is 2.11. The van der Waals surface area contributed by atoms with E-state index in [2.05, 4.69) is 27.3 Å². The smallest absolute Gasteiger partial charge is 0.269 e. The molecule has 0 atom stereocenters. The molecule has 3 aromatic rings. The van der Waals surface area contributed by atoms with Crippen molar-refractivity contribution >= 4 is 22.8 Å². The molecule has 29 heavy (non-hydrogen) atoms. The summed E-state index contributed by atoms with van der Waals surface area (Å²) >= 11 is 0. The van der Waals surface area contributed by atoms with Gasteiger partial charge in [-0.15, -0.1) is 0 Å². The zero-order chi connectivity index (χ0) is 20.8. The predicted molar refractivity (Wildman–Crippen MR) is 112 cm³/mol. The van der Waals surface area contributed by atoms with Gasteiger partial charge in [0.2, 0.25) is 5.91 Å². The van der Waals surface area contributed by atoms with Gasteiger partial charge in [-0.25, -0.2) is 4.98 Å². The maximum Gasteiger partial charge on any atom is 0.269 e. The van der Waals surface area contributed by atoms with Crippen LogP contribution in [0.4, 0.5) is 0 Å². The van der Waals surface area contributed by atoms with Gasteiger partial charge in [-0.3, -0.25) is 20.4 Å². The van der Waals surface area contributed by atoms with Gasteiger partial charge in [0.25, 0.3) is 5.91 Å². The third-order valence-corrected chi connectivity index (χ3v) is 4.67. The second kappa shape index (κ2) is 9.23. The summed E-state index contributed by atoms with van der Waals surface area (Å²) in [5.74, 6) is 1.04. The number of benzene rings is 2. The molecule has 0 fully saturated rings. The van der Waals surface area contributed by atoms with E-state index >= 15 is 0 Å². The Labute approximate surface area is 170 Å². The number of rotatable bonds is 7. The van der Waals surface area contributed by atoms with Gasteiger partial charge in [0.15, 0.2) is 0 Å². The van der Waals surface area contributed by atoms with Crippen LogP contribution in [0.5, 0.6) is 5.75 Å². The topological polar surface area (TPSA) is 85.3 Å². The SMILES string of the molecule is CCn1c(C)nc2cc(C(=O)NNC(=O)CCCOc3ccc(C)cc3)ccc21. The summed E-state index contributed by atoms with van der Waals surface area (Å²) in [5.41, 5.74) is 8.25. The van der Waals surface area contributed by atoms with Crippen molar-refractivity contribution in [1.29, 1.82) is 0 Å². The number of aromatic nitrogens is 2. The third-order valence-electron chi connectivity index (χ3n) is 4.67. The van der Waals surface area contributed by atoms with Crippen molar-refractivity contribution in [1.82, 2.24) is 20.4 Å². The summed E-state index contributed by atoms with van der Waals surface area (Å²) in [5, 5.41) is 0. The maximum atomic E-state index is 12.3. The zero-order valence-electron chi connectivity index (χ0n) is 17.0. The lowest BCUT2D eigenvalue weighted by atomic mass is 10.2. The first-order valence-corrected chi connectivity index (χ1v) is 9.73. The van der Waals surface area contributed by atoms with Crippen LogP contribution < -0.4 is 15.6 Å². The molecule has 3 rings (SSSR count). The maximum absolute atomic E-state index is 12.3. The lowest BCUT2D eigenvalue weighted by Gasteiger charge is -2.09. The Kier molecular flexibility index (Phi) is 6.49. The number of aryl methyl sites for hydroxylation is 3. The molecule has 0 bridgehead atoms. The average Bonchev–Trinajstić information content (AvgIpc) is 3.04. The van der Waals surface area contributed by atoms with Gasteiger partial charge in [-0.1, -0.05) is 17.7 Å². The Morgan fingerprint density at radius 3 is 2.55 bits per heavy atom. The number of ether oxygens (including phenoxy) is 1. The van der Waals surface area contributed by atoms with Gasteiger partial charge in [-0.05, 0) is 57.5 Å². The molecule has 0 saturated carbocycles. The second-order valence-electron chi connectivity index (χ2n) is 6.87. The van der Waals surface area contributed by atoms with E-state index < -0.39 is 0 Å². The lowest BCUT2D eigenvalue weighted by Crippen LogP contribution is -2.41. The van der Waals surface area contributed by atoms with Crippen LogP contribution in [0.1, 0.15) is 41.5 Å². The average molecular weight is 394 g/mol. The standard InChI is InChI=1S/C22H26N4O3/c1-4-26-16(3)23-19-14-17(9-12-20(19)26)22(28)25-24-21(27)6-5-13-29-18-10-7-15(2)8-11-18/h7-12,14H,4-6,13H2,1-3H3,(H,24,27)(H,25,28). The monoisotopic (exact) mass is 394 g/mol. The molecule has 1 aromatic heterocycles. The van der Waals surface area contributed by atoms with E-state index in [-0.39, 0.29) is 18.2 Å². The first-order valence-electron chi connectivity index (χ1n) is 9.73. The van der Waals surface area contributed by atoms with Crippen LogP contribution in [0, 0.1) is 13.8 Å². The van der Waals surface area contributed by atoms with Crippen LogP contribution in [0.2, 0.25) is 0 Å². The molecular formula is C22H26N4O3. The molecule has 0 saturated heterocycles. The molecule has 0 aliphatic rings. The van der Waals surface area contributed by atoms with Crippen molar-refractivity contribution in [2.45, 2.75) is 40.2 Å². The first kappa shape index (κ1) is 20.4. The summed E-state index contributed by atoms with van der Waals surface area (Å²) in [7, 11) is 0. The Morgan fingerprint density at radius 2 is 1.83 bits per heavy atom. The predicted octanol–water partition coefficient (Wildman–Crippen LogP) is 3.29. The number of imidazole rings is 1. The van der Waals surface area contributed by atoms with Gasteiger partial charge in [0.05, 0.1) is 17.6 Å². The van der Waals surface area contributed by atoms with Gasteiger partial charge in [-0.2, -0.15) is 0 Å². The number of nitrogens with one attached hydrogen (secondary N) is 2. The summed E-state index contributed by atoms with van der Waals surface area (Å²) in [4.78, 5) is 28.7. The highest BCUT2D eigenvalue weighted by molar-refractivity contribution is 5.98. The fourth-order valence-electron chi connectivity index (χ4n) is 3.11. The zero-order valence-corrected chi connectivity index (χ0v) is 17.0. The summed E-state index contributed by atoms with van der Waals surface area (Å²) in [6.45, 7) is 7.25. The lowest BCUT2D eigenvalue weighted by molar-refractivity contribution is -0.122. The van der Waals surface area contributed by atoms with Crippen molar-refractivity contribution in [2.24, 2.45) is 0 Å². The van der Waals surface area contributed by atoms with Crippen LogP contribution in [0.15, 0.2) is 42.5 Å². The number of fused-ring (bicyclic) bond motifs is 1. The Bertz CT molecular complexity index is 1010. The van der Waals surface area contributed by atoms with Crippen LogP contribution in [0.25, 0.3) is 11.0 Å². The van der Waals surface area contributed by atoms with E-state index in [1.807, 2.05) is 44.2 Å². The number of amides is 2. The van der Waals surface area contributed by atoms with Gasteiger partial charge in [0.1, 0.15) is 11.6 Å². The van der Waals surface area contributed by atoms with Crippen molar-refractivity contribution in [3.05, 3.63) is 59.4 Å². The van der Waals surface area contributed by atoms with Crippen molar-refractivity contribution in [2.75, 3.05) is 6.61 Å². The Balaban J connectivity index is 1.44. The fraction of sp³-hybridized carbons (Fsp3) is 0.318. The number of carbonyl (C=O) groups excluding carboxylic acids is 2. The summed E-state index contributed by atoms with van der Waals surface area (Å²) in [6, 6.07) is 13.1. The largest absolute Gasteiger partial charge is 0.494 e. The molecule has 0 spiro atoms. The van der Waals surface area contributed by atoms with Crippen LogP contribution in [-0.4, -0.2) is 28.0 Å². The molecule has 152 valence electrons. The van der Waals surface area contributed by atoms with E-state index in [1.165, 1.54) is 5.56 Å². The number of hydrazine groups is 1. The molecule has 7 nitrogen and oxygen atoms in total. The van der Waals surface area contributed by atoms with E-state index in [1.54, 1.807) is 12.1 Å². The van der Waals surface area contributed by atoms with Crippen LogP contribution >= 0.6 is 0 Å². The van der Waals surface area contributed by atoms with Crippen molar-refractivity contribution in [3.8, 4) is 5.75 Å². The van der Waals surface area contributed by atoms with Crippen molar-refractivity contribution < 1.29 is 14.3 Å². The molecule has 7 heteroatoms. The van der Waals surface area contributed by atoms with E-state index in [0.29, 0.717) is 18.6 Å². The van der Waals surface area contributed by atoms with Gasteiger partial charge in [0, 0.05) is 18.5 Å². The number of carbonyl (C=O) groups is 2. The highest BCUT2D eigenvalue weighted by Crippen LogP contribution is 2.17. The van der Waals surface area contributed by atoms with Crippen LogP contribution in [0.3, 0.4) is 0 Å². The highest BCUT2D eigenvalue weighted by atomic mass is 16.5. The number of hydrogen-bond acceptors (Lipinski definition) is 4. The fourth-order valence-corrected chi connectivity index (χ4v) is 3.11. The first-order chi connectivity index (χ1) is 14.0. The van der Waals surface area contributed by atoms with Crippen LogP contribution in [-0.2, 0) is 11.3 Å². The summed E-state index contributed by atoms with van der Waals surface area (Å²) < 4.78 is 7.67. The Hall–Kier alpha value is -3.35. The van der Waals surface area contributed by atoms with E-state index in [9.17, 15) is 9.59 Å². The quantitative estimate of drug-likeness (QED) is 0.476. The minimum absolute atomic E-state index is 0.255. The van der Waals surface area contributed by atoms with Gasteiger partial charge >= 0.3 is 0 Å². The van der Waals surface area contributed by atoms with Crippen molar-refractivity contribution in [3.63, 3.8) is 0 Å². The molecule has 0 unspecified atom stereocenters. The minimum Gasteiger partial charge on any atom is -0.494 e. The summed E-state index contributed by atoms with van der Waals surface area (Å²) in [6.07, 6.45) is 0.806. The van der Waals surface area contributed by atoms with Gasteiger partial charge < -0.3 is 9.30 Å². The molecule has 1 heterocycles. The molecular weight excluding hydrogens is 368 g/mol. The molecule has 2 N–H and O–H groups in total. The molecule has 2 amide bonds. The third kappa shape index (κ3) is 5.13. The van der Waals surface area contributed by atoms with E-state index in [4.69, 9.17) is 4.74 Å². The van der Waals surface area contributed by atoms with E-state index in [0.717, 1.165) is 29.2 Å². The molecule has 0 aliphatic carbocycles. The second-order valence-corrected chi connectivity index (χ2v) is 6.87. The molecule has 0 radical (unpaired) electrons. The normalized spacial score (nSPS) is 10.7. The Morgan fingerprint density at radius 1 is 1.07 bits per heavy atom.